The molecule has 1 N–H and O–H groups in total. The van der Waals surface area contributed by atoms with Crippen LogP contribution in [0.4, 0.5) is 10.5 Å². The van der Waals surface area contributed by atoms with Gasteiger partial charge in [-0.2, -0.15) is 0 Å². The summed E-state index contributed by atoms with van der Waals surface area (Å²) in [6.45, 7) is 4.59. The number of hydrogen-bond acceptors (Lipinski definition) is 7. The molecule has 0 spiro atoms. The van der Waals surface area contributed by atoms with Gasteiger partial charge in [-0.05, 0) is 79.9 Å². The molecule has 4 amide bonds. The van der Waals surface area contributed by atoms with Gasteiger partial charge in [-0.1, -0.05) is 29.3 Å². The molecule has 0 aromatic heterocycles. The second-order valence-corrected chi connectivity index (χ2v) is 10.7. The molecule has 0 saturated carbocycles. The summed E-state index contributed by atoms with van der Waals surface area (Å²) in [4.78, 5) is 53.1. The quantitative estimate of drug-likeness (QED) is 0.390. The Morgan fingerprint density at radius 1 is 1.08 bits per heavy atom. The van der Waals surface area contributed by atoms with Gasteiger partial charge in [-0.3, -0.25) is 24.1 Å². The van der Waals surface area contributed by atoms with Crippen LogP contribution in [0.15, 0.2) is 35.2 Å². The Bertz CT molecular complexity index is 1340. The molecule has 2 aliphatic heterocycles. The van der Waals surface area contributed by atoms with E-state index in [9.17, 15) is 19.2 Å². The van der Waals surface area contributed by atoms with Gasteiger partial charge in [0.15, 0.2) is 18.1 Å². The summed E-state index contributed by atoms with van der Waals surface area (Å²) in [5.41, 5.74) is 1.91. The van der Waals surface area contributed by atoms with Gasteiger partial charge in [-0.15, -0.1) is 0 Å². The molecule has 0 bridgehead atoms. The van der Waals surface area contributed by atoms with Crippen molar-refractivity contribution in [1.82, 2.24) is 9.80 Å². The number of nitrogens with zero attached hydrogens (tertiary/aromatic N) is 2. The zero-order valence-corrected chi connectivity index (χ0v) is 23.8. The van der Waals surface area contributed by atoms with E-state index in [0.717, 1.165) is 35.1 Å². The first-order valence-corrected chi connectivity index (χ1v) is 13.9. The van der Waals surface area contributed by atoms with E-state index in [0.29, 0.717) is 36.0 Å². The Kier molecular flexibility index (Phi) is 9.42. The highest BCUT2D eigenvalue weighted by molar-refractivity contribution is 8.18. The third-order valence-corrected chi connectivity index (χ3v) is 7.65. The molecule has 9 nitrogen and oxygen atoms in total. The molecule has 2 aliphatic rings. The zero-order chi connectivity index (χ0) is 28.1. The average Bonchev–Trinajstić information content (AvgIpc) is 3.51. The lowest BCUT2D eigenvalue weighted by molar-refractivity contribution is -0.135. The van der Waals surface area contributed by atoms with Crippen LogP contribution in [0, 0.1) is 6.92 Å². The molecule has 39 heavy (non-hydrogen) atoms. The maximum atomic E-state index is 12.9. The van der Waals surface area contributed by atoms with E-state index in [1.807, 2.05) is 6.92 Å². The minimum Gasteiger partial charge on any atom is -0.490 e. The first kappa shape index (κ1) is 28.8. The Morgan fingerprint density at radius 3 is 2.51 bits per heavy atom. The summed E-state index contributed by atoms with van der Waals surface area (Å²) in [5, 5.41) is 2.89. The normalized spacial score (nSPS) is 16.3. The highest BCUT2D eigenvalue weighted by Gasteiger charge is 2.37. The van der Waals surface area contributed by atoms with Gasteiger partial charge >= 0.3 is 0 Å². The molecular weight excluding hydrogens is 565 g/mol. The molecule has 2 heterocycles. The first-order chi connectivity index (χ1) is 18.7. The summed E-state index contributed by atoms with van der Waals surface area (Å²) in [5.74, 6) is -0.772. The molecule has 206 valence electrons. The van der Waals surface area contributed by atoms with Crippen molar-refractivity contribution in [2.24, 2.45) is 0 Å². The Morgan fingerprint density at radius 2 is 1.82 bits per heavy atom. The number of carbonyl (C=O) groups is 4. The summed E-state index contributed by atoms with van der Waals surface area (Å²) >= 11 is 13.3. The number of likely N-dealkylation sites (tertiary alicyclic amines) is 1. The van der Waals surface area contributed by atoms with E-state index < -0.39 is 17.1 Å². The van der Waals surface area contributed by atoms with Crippen molar-refractivity contribution in [2.75, 3.05) is 38.2 Å². The van der Waals surface area contributed by atoms with Crippen molar-refractivity contribution >= 4 is 69.7 Å². The molecule has 0 radical (unpaired) electrons. The molecule has 0 aliphatic carbocycles. The lowest BCUT2D eigenvalue weighted by atomic mass is 10.1. The zero-order valence-electron chi connectivity index (χ0n) is 21.4. The number of anilines is 1. The van der Waals surface area contributed by atoms with Gasteiger partial charge in [0, 0.05) is 23.8 Å². The third kappa shape index (κ3) is 7.06. The molecule has 2 fully saturated rings. The van der Waals surface area contributed by atoms with Crippen molar-refractivity contribution < 1.29 is 28.7 Å². The van der Waals surface area contributed by atoms with E-state index in [1.165, 1.54) is 6.08 Å². The average molecular weight is 593 g/mol. The molecule has 2 aromatic carbocycles. The van der Waals surface area contributed by atoms with Gasteiger partial charge in [0.2, 0.25) is 5.91 Å². The number of rotatable bonds is 9. The van der Waals surface area contributed by atoms with Crippen LogP contribution in [0.5, 0.6) is 11.5 Å². The first-order valence-electron chi connectivity index (χ1n) is 12.3. The van der Waals surface area contributed by atoms with E-state index in [1.54, 1.807) is 42.2 Å². The van der Waals surface area contributed by atoms with E-state index in [2.05, 4.69) is 5.32 Å². The second-order valence-electron chi connectivity index (χ2n) is 8.92. The molecule has 4 rings (SSSR count). The van der Waals surface area contributed by atoms with Crippen LogP contribution >= 0.6 is 35.0 Å². The smallest absolute Gasteiger partial charge is 0.294 e. The third-order valence-electron chi connectivity index (χ3n) is 6.06. The van der Waals surface area contributed by atoms with E-state index in [-0.39, 0.29) is 40.5 Å². The number of aryl methyl sites for hydroxylation is 1. The van der Waals surface area contributed by atoms with Crippen LogP contribution in [0.1, 0.15) is 30.9 Å². The van der Waals surface area contributed by atoms with Crippen LogP contribution in [-0.2, 0) is 14.4 Å². The SMILES string of the molecule is CCOc1cc(/C=C2\SC(=O)N(CC(=O)N3CCCC3)C2=O)cc(Cl)c1OCC(=O)Nc1ccc(C)c(Cl)c1. The number of thioether (sulfide) groups is 1. The fraction of sp³-hybridized carbons (Fsp3) is 0.333. The fourth-order valence-electron chi connectivity index (χ4n) is 4.07. The predicted octanol–water partition coefficient (Wildman–Crippen LogP) is 5.38. The van der Waals surface area contributed by atoms with Crippen molar-refractivity contribution in [3.05, 3.63) is 56.4 Å². The molecule has 0 unspecified atom stereocenters. The molecule has 2 aromatic rings. The highest BCUT2D eigenvalue weighted by Crippen LogP contribution is 2.39. The summed E-state index contributed by atoms with van der Waals surface area (Å²) < 4.78 is 11.4. The number of benzene rings is 2. The van der Waals surface area contributed by atoms with Crippen molar-refractivity contribution in [2.45, 2.75) is 26.7 Å². The lowest BCUT2D eigenvalue weighted by Gasteiger charge is -2.18. The molecule has 12 heteroatoms. The maximum absolute atomic E-state index is 12.9. The van der Waals surface area contributed by atoms with E-state index in [4.69, 9.17) is 32.7 Å². The van der Waals surface area contributed by atoms with Crippen LogP contribution in [0.25, 0.3) is 6.08 Å². The Hall–Kier alpha value is -3.21. The number of nitrogens with one attached hydrogen (secondary N) is 1. The van der Waals surface area contributed by atoms with Gasteiger partial charge in [0.25, 0.3) is 17.1 Å². The van der Waals surface area contributed by atoms with Crippen LogP contribution in [0.2, 0.25) is 10.0 Å². The summed E-state index contributed by atoms with van der Waals surface area (Å²) in [6, 6.07) is 8.32. The Balaban J connectivity index is 1.45. The van der Waals surface area contributed by atoms with Gasteiger partial charge in [-0.25, -0.2) is 0 Å². The second kappa shape index (κ2) is 12.8. The van der Waals surface area contributed by atoms with Gasteiger partial charge < -0.3 is 19.7 Å². The van der Waals surface area contributed by atoms with Crippen molar-refractivity contribution in [3.8, 4) is 11.5 Å². The van der Waals surface area contributed by atoms with Crippen LogP contribution in [-0.4, -0.2) is 65.6 Å². The topological polar surface area (TPSA) is 105 Å². The van der Waals surface area contributed by atoms with Gasteiger partial charge in [0.1, 0.15) is 6.54 Å². The van der Waals surface area contributed by atoms with Crippen molar-refractivity contribution in [1.29, 1.82) is 0 Å². The van der Waals surface area contributed by atoms with Crippen LogP contribution < -0.4 is 14.8 Å². The minimum atomic E-state index is -0.542. The monoisotopic (exact) mass is 591 g/mol. The maximum Gasteiger partial charge on any atom is 0.294 e. The standard InChI is InChI=1S/C27H27Cl2N3O6S/c1-3-37-21-11-17(12-22-26(35)32(27(36)39-22)14-24(34)31-8-4-5-9-31)10-20(29)25(21)38-15-23(33)30-18-7-6-16(2)19(28)13-18/h6-7,10-13H,3-5,8-9,14-15H2,1-2H3,(H,30,33)/b22-12-. The summed E-state index contributed by atoms with van der Waals surface area (Å²) in [6.07, 6.45) is 3.35. The number of amides is 4. The summed E-state index contributed by atoms with van der Waals surface area (Å²) in [7, 11) is 0. The fourth-order valence-corrected chi connectivity index (χ4v) is 5.36. The number of halogens is 2. The molecule has 2 saturated heterocycles. The Labute approximate surface area is 240 Å². The number of imide groups is 1. The number of ether oxygens (including phenoxy) is 2. The van der Waals surface area contributed by atoms with E-state index >= 15 is 0 Å². The number of carbonyl (C=O) groups excluding carboxylic acids is 4. The van der Waals surface area contributed by atoms with Crippen molar-refractivity contribution in [3.63, 3.8) is 0 Å². The predicted molar refractivity (Wildman–Crippen MR) is 151 cm³/mol. The van der Waals surface area contributed by atoms with Crippen LogP contribution in [0.3, 0.4) is 0 Å². The number of hydrogen-bond donors (Lipinski definition) is 1. The lowest BCUT2D eigenvalue weighted by Crippen LogP contribution is -2.40. The largest absolute Gasteiger partial charge is 0.490 e. The van der Waals surface area contributed by atoms with Gasteiger partial charge in [0.05, 0.1) is 16.5 Å². The molecule has 0 atom stereocenters. The minimum absolute atomic E-state index is 0.154. The highest BCUT2D eigenvalue weighted by atomic mass is 35.5. The molecular formula is C27H27Cl2N3O6S.